The highest BCUT2D eigenvalue weighted by Crippen LogP contribution is 2.24. The molecule has 0 bridgehead atoms. The number of aromatic nitrogens is 1. The Morgan fingerprint density at radius 2 is 2.17 bits per heavy atom. The van der Waals surface area contributed by atoms with Gasteiger partial charge in [-0.15, -0.1) is 0 Å². The lowest BCUT2D eigenvalue weighted by Gasteiger charge is -2.15. The molecule has 1 aromatic heterocycles. The van der Waals surface area contributed by atoms with Crippen molar-refractivity contribution in [3.63, 3.8) is 0 Å². The minimum atomic E-state index is -0.821. The number of hydrogen-bond acceptors (Lipinski definition) is 6. The molecule has 0 saturated carbocycles. The summed E-state index contributed by atoms with van der Waals surface area (Å²) in [6.45, 7) is 3.98. The van der Waals surface area contributed by atoms with Gasteiger partial charge in [0.1, 0.15) is 17.6 Å². The van der Waals surface area contributed by atoms with Crippen LogP contribution in [0.2, 0.25) is 0 Å². The second kappa shape index (κ2) is 7.55. The number of benzene rings is 1. The number of nitrogens with zero attached hydrogens (tertiary/aromatic N) is 2. The maximum atomic E-state index is 10.9. The molecule has 1 aromatic carbocycles. The van der Waals surface area contributed by atoms with Crippen LogP contribution < -0.4 is 10.1 Å². The van der Waals surface area contributed by atoms with E-state index in [2.05, 4.69) is 10.3 Å². The third-order valence-corrected chi connectivity index (χ3v) is 3.10. The molecule has 7 nitrogen and oxygen atoms in total. The number of ether oxygens (including phenoxy) is 1. The molecular formula is C16H19N3O4. The Labute approximate surface area is 134 Å². The van der Waals surface area contributed by atoms with Crippen molar-refractivity contribution < 1.29 is 14.8 Å². The van der Waals surface area contributed by atoms with Crippen LogP contribution in [0.25, 0.3) is 0 Å². The van der Waals surface area contributed by atoms with E-state index in [1.165, 1.54) is 18.5 Å². The molecule has 2 N–H and O–H groups in total. The molecule has 0 aliphatic rings. The van der Waals surface area contributed by atoms with Gasteiger partial charge in [0.05, 0.1) is 17.1 Å². The summed E-state index contributed by atoms with van der Waals surface area (Å²) in [5, 5.41) is 24.1. The molecular weight excluding hydrogens is 298 g/mol. The van der Waals surface area contributed by atoms with E-state index in [0.717, 1.165) is 0 Å². The lowest BCUT2D eigenvalue weighted by atomic mass is 10.1. The zero-order chi connectivity index (χ0) is 16.8. The molecule has 2 aromatic rings. The first-order valence-corrected chi connectivity index (χ1v) is 7.24. The molecule has 1 heterocycles. The molecule has 0 aliphatic carbocycles. The van der Waals surface area contributed by atoms with Gasteiger partial charge >= 0.3 is 5.69 Å². The van der Waals surface area contributed by atoms with Crippen LogP contribution in [0.4, 0.5) is 11.4 Å². The van der Waals surface area contributed by atoms with Gasteiger partial charge in [-0.3, -0.25) is 15.1 Å². The quantitative estimate of drug-likeness (QED) is 0.602. The molecule has 0 spiro atoms. The molecule has 1 unspecified atom stereocenters. The van der Waals surface area contributed by atoms with Crippen LogP contribution in [0.5, 0.6) is 5.75 Å². The van der Waals surface area contributed by atoms with E-state index >= 15 is 0 Å². The lowest BCUT2D eigenvalue weighted by molar-refractivity contribution is -0.384. The van der Waals surface area contributed by atoms with Crippen LogP contribution in [0.1, 0.15) is 25.5 Å². The zero-order valence-corrected chi connectivity index (χ0v) is 13.0. The van der Waals surface area contributed by atoms with Crippen molar-refractivity contribution in [3.05, 3.63) is 58.4 Å². The largest absolute Gasteiger partial charge is 0.491 e. The van der Waals surface area contributed by atoms with Crippen LogP contribution in [-0.4, -0.2) is 27.7 Å². The standard InChI is InChI=1S/C16H19N3O4/c1-11(2)23-13-5-3-4-12(8-13)16(20)10-18-14-6-7-17-9-15(14)19(21)22/h3-9,11,16,20H,10H2,1-2H3,(H,17,18). The van der Waals surface area contributed by atoms with E-state index in [9.17, 15) is 15.2 Å². The van der Waals surface area contributed by atoms with Crippen LogP contribution in [0, 0.1) is 10.1 Å². The molecule has 122 valence electrons. The molecule has 2 rings (SSSR count). The number of aliphatic hydroxyl groups is 1. The molecule has 0 amide bonds. The fourth-order valence-electron chi connectivity index (χ4n) is 2.07. The average Bonchev–Trinajstić information content (AvgIpc) is 2.52. The Bertz CT molecular complexity index is 676. The SMILES string of the molecule is CC(C)Oc1cccc(C(O)CNc2ccncc2[N+](=O)[O-])c1. The summed E-state index contributed by atoms with van der Waals surface area (Å²) in [5.41, 5.74) is 0.864. The summed E-state index contributed by atoms with van der Waals surface area (Å²) in [5.74, 6) is 0.673. The summed E-state index contributed by atoms with van der Waals surface area (Å²) in [6, 6.07) is 8.65. The highest BCUT2D eigenvalue weighted by atomic mass is 16.6. The van der Waals surface area contributed by atoms with Crippen molar-refractivity contribution in [1.82, 2.24) is 4.98 Å². The Morgan fingerprint density at radius 1 is 1.39 bits per heavy atom. The average molecular weight is 317 g/mol. The first kappa shape index (κ1) is 16.7. The lowest BCUT2D eigenvalue weighted by Crippen LogP contribution is -2.13. The molecule has 0 saturated heterocycles. The summed E-state index contributed by atoms with van der Waals surface area (Å²) in [7, 11) is 0. The van der Waals surface area contributed by atoms with Gasteiger partial charge in [0.25, 0.3) is 0 Å². The minimum absolute atomic E-state index is 0.0417. The minimum Gasteiger partial charge on any atom is -0.491 e. The molecule has 7 heteroatoms. The number of hydrogen-bond donors (Lipinski definition) is 2. The van der Waals surface area contributed by atoms with Gasteiger partial charge < -0.3 is 15.2 Å². The number of aliphatic hydroxyl groups excluding tert-OH is 1. The van der Waals surface area contributed by atoms with Crippen molar-refractivity contribution in [2.75, 3.05) is 11.9 Å². The summed E-state index contributed by atoms with van der Waals surface area (Å²) >= 11 is 0. The number of anilines is 1. The molecule has 0 radical (unpaired) electrons. The van der Waals surface area contributed by atoms with Gasteiger partial charge in [0, 0.05) is 12.7 Å². The molecule has 1 atom stereocenters. The highest BCUT2D eigenvalue weighted by Gasteiger charge is 2.15. The summed E-state index contributed by atoms with van der Waals surface area (Å²) in [6.07, 6.45) is 1.85. The van der Waals surface area contributed by atoms with Gasteiger partial charge in [-0.2, -0.15) is 0 Å². The number of nitrogens with one attached hydrogen (secondary N) is 1. The van der Waals surface area contributed by atoms with E-state index in [1.807, 2.05) is 19.9 Å². The fraction of sp³-hybridized carbons (Fsp3) is 0.312. The predicted octanol–water partition coefficient (Wildman–Crippen LogP) is 2.92. The van der Waals surface area contributed by atoms with Gasteiger partial charge in [-0.1, -0.05) is 12.1 Å². The monoisotopic (exact) mass is 317 g/mol. The Morgan fingerprint density at radius 3 is 2.87 bits per heavy atom. The van der Waals surface area contributed by atoms with E-state index in [1.54, 1.807) is 18.2 Å². The highest BCUT2D eigenvalue weighted by molar-refractivity contribution is 5.59. The maximum absolute atomic E-state index is 10.9. The first-order valence-electron chi connectivity index (χ1n) is 7.24. The second-order valence-corrected chi connectivity index (χ2v) is 5.29. The van der Waals surface area contributed by atoms with Gasteiger partial charge in [0.15, 0.2) is 0 Å². The van der Waals surface area contributed by atoms with Crippen LogP contribution in [0.3, 0.4) is 0 Å². The number of rotatable bonds is 7. The van der Waals surface area contributed by atoms with Crippen LogP contribution in [-0.2, 0) is 0 Å². The van der Waals surface area contributed by atoms with Gasteiger partial charge in [0.2, 0.25) is 0 Å². The van der Waals surface area contributed by atoms with Crippen molar-refractivity contribution >= 4 is 11.4 Å². The smallest absolute Gasteiger partial charge is 0.310 e. The Hall–Kier alpha value is -2.67. The van der Waals surface area contributed by atoms with Crippen molar-refractivity contribution in [1.29, 1.82) is 0 Å². The zero-order valence-electron chi connectivity index (χ0n) is 13.0. The van der Waals surface area contributed by atoms with Gasteiger partial charge in [-0.05, 0) is 37.6 Å². The Balaban J connectivity index is 2.05. The molecule has 0 fully saturated rings. The summed E-state index contributed by atoms with van der Waals surface area (Å²) < 4.78 is 5.59. The van der Waals surface area contributed by atoms with Crippen molar-refractivity contribution in [3.8, 4) is 5.75 Å². The maximum Gasteiger partial charge on any atom is 0.310 e. The van der Waals surface area contributed by atoms with Crippen molar-refractivity contribution in [2.45, 2.75) is 26.1 Å². The van der Waals surface area contributed by atoms with Gasteiger partial charge in [-0.25, -0.2) is 0 Å². The summed E-state index contributed by atoms with van der Waals surface area (Å²) in [4.78, 5) is 14.1. The molecule has 23 heavy (non-hydrogen) atoms. The fourth-order valence-corrected chi connectivity index (χ4v) is 2.07. The van der Waals surface area contributed by atoms with E-state index in [4.69, 9.17) is 4.74 Å². The predicted molar refractivity (Wildman–Crippen MR) is 86.5 cm³/mol. The Kier molecular flexibility index (Phi) is 5.48. The third kappa shape index (κ3) is 4.65. The second-order valence-electron chi connectivity index (χ2n) is 5.29. The van der Waals surface area contributed by atoms with E-state index in [-0.39, 0.29) is 18.3 Å². The number of nitro groups is 1. The van der Waals surface area contributed by atoms with E-state index in [0.29, 0.717) is 17.0 Å². The normalized spacial score (nSPS) is 12.0. The van der Waals surface area contributed by atoms with Crippen LogP contribution in [0.15, 0.2) is 42.7 Å². The van der Waals surface area contributed by atoms with Crippen LogP contribution >= 0.6 is 0 Å². The van der Waals surface area contributed by atoms with Crippen molar-refractivity contribution in [2.24, 2.45) is 0 Å². The van der Waals surface area contributed by atoms with E-state index < -0.39 is 11.0 Å². The topological polar surface area (TPSA) is 97.5 Å². The number of pyridine rings is 1. The first-order chi connectivity index (χ1) is 11.0. The molecule has 0 aliphatic heterocycles. The third-order valence-electron chi connectivity index (χ3n) is 3.10.